The van der Waals surface area contributed by atoms with Crippen molar-refractivity contribution in [3.05, 3.63) is 194 Å². The van der Waals surface area contributed by atoms with Gasteiger partial charge in [0, 0.05) is 0 Å². The topological polar surface area (TPSA) is 9.86 Å². The standard InChI is InChI=1S/C54H38GeN2/c1-55(2)48-32-37(38-25-30-46-45-17-8-10-20-50(45)56(53(46)34-38)40-15-4-3-5-16-40)24-28-43(48)44-29-26-39(33-49(44)55)42-19-12-22-52-54(42)47-18-9-11-21-51(47)57(52)41-27-23-35-13-6-7-14-36(35)31-41/h3-34H,1-2H3. The summed E-state index contributed by atoms with van der Waals surface area (Å²) in [5.74, 6) is 5.17. The molecule has 0 bridgehead atoms. The van der Waals surface area contributed by atoms with Crippen LogP contribution in [0.1, 0.15) is 0 Å². The third kappa shape index (κ3) is 4.77. The zero-order chi connectivity index (χ0) is 37.8. The summed E-state index contributed by atoms with van der Waals surface area (Å²) < 4.78 is 7.99. The number of benzene rings is 9. The van der Waals surface area contributed by atoms with Crippen molar-refractivity contribution >= 4 is 76.4 Å². The van der Waals surface area contributed by atoms with E-state index in [1.54, 1.807) is 8.79 Å². The van der Waals surface area contributed by atoms with Crippen LogP contribution in [-0.2, 0) is 0 Å². The number of fused-ring (bicyclic) bond motifs is 10. The average molecular weight is 788 g/mol. The number of rotatable bonds is 4. The second kappa shape index (κ2) is 12.2. The van der Waals surface area contributed by atoms with Crippen LogP contribution in [0.5, 0.6) is 0 Å². The molecule has 11 aromatic rings. The Hall–Kier alpha value is -6.62. The molecule has 2 nitrogen and oxygen atoms in total. The molecule has 12 rings (SSSR count). The van der Waals surface area contributed by atoms with Gasteiger partial charge in [0.2, 0.25) is 0 Å². The SMILES string of the molecule is [CH3][Ge]1([CH3])[c]2cc(-c3ccc4c5ccccc5n(-c5ccccc5)c4c3)ccc2-c2ccc(-c3cccc4c3c3ccccc3n4-c3ccc4ccccc4c3)c[c]21. The fourth-order valence-electron chi connectivity index (χ4n) is 9.94. The molecule has 0 unspecified atom stereocenters. The normalized spacial score (nSPS) is 13.2. The van der Waals surface area contributed by atoms with Crippen LogP contribution in [0, 0.1) is 0 Å². The van der Waals surface area contributed by atoms with E-state index in [0.717, 1.165) is 0 Å². The summed E-state index contributed by atoms with van der Waals surface area (Å²) in [5, 5.41) is 7.68. The van der Waals surface area contributed by atoms with Crippen LogP contribution >= 0.6 is 0 Å². The first-order valence-corrected chi connectivity index (χ1v) is 26.2. The first-order chi connectivity index (χ1) is 28.0. The summed E-state index contributed by atoms with van der Waals surface area (Å²) in [6, 6.07) is 72.4. The van der Waals surface area contributed by atoms with Crippen molar-refractivity contribution in [3.8, 4) is 44.8 Å². The van der Waals surface area contributed by atoms with E-state index in [2.05, 4.69) is 215 Å². The molecule has 0 saturated heterocycles. The van der Waals surface area contributed by atoms with Gasteiger partial charge in [0.25, 0.3) is 0 Å². The van der Waals surface area contributed by atoms with Gasteiger partial charge < -0.3 is 0 Å². The Kier molecular flexibility index (Phi) is 6.97. The van der Waals surface area contributed by atoms with E-state index in [1.807, 2.05) is 0 Å². The van der Waals surface area contributed by atoms with Crippen LogP contribution in [0.25, 0.3) is 99.1 Å². The third-order valence-electron chi connectivity index (χ3n) is 12.7. The van der Waals surface area contributed by atoms with Gasteiger partial charge >= 0.3 is 330 Å². The number of para-hydroxylation sites is 3. The third-order valence-corrected chi connectivity index (χ3v) is 20.1. The van der Waals surface area contributed by atoms with Gasteiger partial charge in [-0.3, -0.25) is 0 Å². The Balaban J connectivity index is 0.978. The molecule has 0 radical (unpaired) electrons. The van der Waals surface area contributed by atoms with Crippen LogP contribution in [-0.4, -0.2) is 22.4 Å². The molecule has 268 valence electrons. The summed E-state index contributed by atoms with van der Waals surface area (Å²) in [4.78, 5) is 0. The minimum absolute atomic E-state index is 1.19. The maximum atomic E-state index is 2.58. The van der Waals surface area contributed by atoms with Crippen LogP contribution < -0.4 is 8.79 Å². The van der Waals surface area contributed by atoms with E-state index in [0.29, 0.717) is 0 Å². The Morgan fingerprint density at radius 3 is 1.72 bits per heavy atom. The Morgan fingerprint density at radius 2 is 0.912 bits per heavy atom. The van der Waals surface area contributed by atoms with Crippen molar-refractivity contribution in [2.24, 2.45) is 0 Å². The summed E-state index contributed by atoms with van der Waals surface area (Å²) in [6.07, 6.45) is 0. The van der Waals surface area contributed by atoms with Gasteiger partial charge in [-0.2, -0.15) is 0 Å². The molecule has 57 heavy (non-hydrogen) atoms. The van der Waals surface area contributed by atoms with Crippen LogP contribution in [0.15, 0.2) is 194 Å². The summed E-state index contributed by atoms with van der Waals surface area (Å²) >= 11 is -2.72. The molecular formula is C54H38GeN2. The molecule has 0 saturated carbocycles. The van der Waals surface area contributed by atoms with E-state index < -0.39 is 13.3 Å². The van der Waals surface area contributed by atoms with Crippen LogP contribution in [0.2, 0.25) is 11.5 Å². The number of nitrogens with zero attached hydrogens (tertiary/aromatic N) is 2. The second-order valence-electron chi connectivity index (χ2n) is 16.1. The van der Waals surface area contributed by atoms with Gasteiger partial charge in [0.15, 0.2) is 0 Å². The van der Waals surface area contributed by atoms with Crippen LogP contribution in [0.3, 0.4) is 0 Å². The van der Waals surface area contributed by atoms with Crippen LogP contribution in [0.4, 0.5) is 0 Å². The van der Waals surface area contributed by atoms with E-state index in [4.69, 9.17) is 0 Å². The number of hydrogen-bond acceptors (Lipinski definition) is 0. The summed E-state index contributed by atoms with van der Waals surface area (Å²) in [7, 11) is 0. The van der Waals surface area contributed by atoms with Gasteiger partial charge in [-0.25, -0.2) is 0 Å². The van der Waals surface area contributed by atoms with Crippen molar-refractivity contribution in [3.63, 3.8) is 0 Å². The van der Waals surface area contributed by atoms with E-state index in [-0.39, 0.29) is 0 Å². The first-order valence-electron chi connectivity index (χ1n) is 19.9. The monoisotopic (exact) mass is 788 g/mol. The molecule has 0 aliphatic carbocycles. The molecule has 0 spiro atoms. The van der Waals surface area contributed by atoms with E-state index >= 15 is 0 Å². The molecule has 0 N–H and O–H groups in total. The molecule has 2 aromatic heterocycles. The van der Waals surface area contributed by atoms with Crippen molar-refractivity contribution < 1.29 is 0 Å². The van der Waals surface area contributed by atoms with Crippen molar-refractivity contribution in [2.75, 3.05) is 0 Å². The van der Waals surface area contributed by atoms with Crippen molar-refractivity contribution in [2.45, 2.75) is 11.5 Å². The number of hydrogen-bond donors (Lipinski definition) is 0. The minimum atomic E-state index is -2.72. The fraction of sp³-hybridized carbons (Fsp3) is 0.0370. The van der Waals surface area contributed by atoms with Crippen molar-refractivity contribution in [1.29, 1.82) is 0 Å². The predicted octanol–water partition coefficient (Wildman–Crippen LogP) is 13.2. The zero-order valence-electron chi connectivity index (χ0n) is 31.9. The predicted molar refractivity (Wildman–Crippen MR) is 246 cm³/mol. The maximum absolute atomic E-state index is 2.72. The Morgan fingerprint density at radius 1 is 0.333 bits per heavy atom. The quantitative estimate of drug-likeness (QED) is 0.157. The summed E-state index contributed by atoms with van der Waals surface area (Å²) in [6.45, 7) is 0. The molecule has 9 aromatic carbocycles. The molecule has 0 amide bonds. The van der Waals surface area contributed by atoms with Gasteiger partial charge in [-0.1, -0.05) is 6.07 Å². The molecule has 3 heterocycles. The molecular weight excluding hydrogens is 749 g/mol. The zero-order valence-corrected chi connectivity index (χ0v) is 34.0. The Labute approximate surface area is 334 Å². The van der Waals surface area contributed by atoms with E-state index in [1.165, 1.54) is 99.1 Å². The average Bonchev–Trinajstić information content (AvgIpc) is 3.86. The van der Waals surface area contributed by atoms with Gasteiger partial charge in [-0.05, 0) is 0 Å². The molecule has 3 heteroatoms. The fourth-order valence-corrected chi connectivity index (χ4v) is 16.5. The first kappa shape index (κ1) is 32.6. The molecule has 1 aliphatic rings. The van der Waals surface area contributed by atoms with Gasteiger partial charge in [-0.15, -0.1) is 0 Å². The Bertz CT molecular complexity index is 3440. The molecule has 0 atom stereocenters. The number of aromatic nitrogens is 2. The molecule has 1 aliphatic heterocycles. The van der Waals surface area contributed by atoms with Crippen molar-refractivity contribution in [1.82, 2.24) is 9.13 Å². The van der Waals surface area contributed by atoms with E-state index in [9.17, 15) is 0 Å². The van der Waals surface area contributed by atoms with Gasteiger partial charge in [0.1, 0.15) is 0 Å². The van der Waals surface area contributed by atoms with Gasteiger partial charge in [0.05, 0.1) is 0 Å². The summed E-state index contributed by atoms with van der Waals surface area (Å²) in [5.41, 5.74) is 15.3. The molecule has 0 fully saturated rings. The second-order valence-corrected chi connectivity index (χ2v) is 25.2.